The summed E-state index contributed by atoms with van der Waals surface area (Å²) in [7, 11) is 0. The fourth-order valence-corrected chi connectivity index (χ4v) is 1.78. The summed E-state index contributed by atoms with van der Waals surface area (Å²) >= 11 is 0. The second kappa shape index (κ2) is 4.41. The number of carbonyl (C=O) groups is 1. The molecule has 0 spiro atoms. The van der Waals surface area contributed by atoms with Gasteiger partial charge in [0.05, 0.1) is 11.7 Å². The fraction of sp³-hybridized carbons (Fsp3) is 0. The smallest absolute Gasteiger partial charge is 0.274 e. The van der Waals surface area contributed by atoms with Crippen LogP contribution in [0, 0.1) is 0 Å². The number of carbonyl (C=O) groups excluding carboxylic acids is 1. The standard InChI is InChI=1S/C13H10N4O2/c14-10-5-12(13(18)16-8-6-15-19-7-8)17-11-4-2-1-3-9(10)11/h1-7H,(H2,14,17)(H,16,18). The molecule has 1 aromatic carbocycles. The lowest BCUT2D eigenvalue weighted by atomic mass is 10.1. The third-order valence-corrected chi connectivity index (χ3v) is 2.67. The van der Waals surface area contributed by atoms with Crippen molar-refractivity contribution in [3.05, 3.63) is 48.5 Å². The molecule has 0 bridgehead atoms. The first-order valence-electron chi connectivity index (χ1n) is 5.60. The highest BCUT2D eigenvalue weighted by molar-refractivity contribution is 6.05. The summed E-state index contributed by atoms with van der Waals surface area (Å²) in [5.74, 6) is -0.361. The quantitative estimate of drug-likeness (QED) is 0.730. The van der Waals surface area contributed by atoms with Gasteiger partial charge in [0.1, 0.15) is 17.6 Å². The minimum absolute atomic E-state index is 0.248. The Bertz CT molecular complexity index is 737. The van der Waals surface area contributed by atoms with Crippen molar-refractivity contribution >= 4 is 28.2 Å². The number of pyridine rings is 1. The molecule has 0 aliphatic rings. The Morgan fingerprint density at radius 2 is 2.16 bits per heavy atom. The number of amides is 1. The molecule has 0 fully saturated rings. The fourth-order valence-electron chi connectivity index (χ4n) is 1.78. The highest BCUT2D eigenvalue weighted by Crippen LogP contribution is 2.20. The lowest BCUT2D eigenvalue weighted by molar-refractivity contribution is 0.102. The number of nitrogen functional groups attached to an aromatic ring is 1. The predicted octanol–water partition coefficient (Wildman–Crippen LogP) is 2.06. The van der Waals surface area contributed by atoms with Gasteiger partial charge in [-0.15, -0.1) is 0 Å². The van der Waals surface area contributed by atoms with Crippen molar-refractivity contribution in [2.45, 2.75) is 0 Å². The van der Waals surface area contributed by atoms with Crippen molar-refractivity contribution in [3.63, 3.8) is 0 Å². The molecule has 94 valence electrons. The van der Waals surface area contributed by atoms with E-state index in [4.69, 9.17) is 5.73 Å². The molecule has 19 heavy (non-hydrogen) atoms. The number of hydrogen-bond donors (Lipinski definition) is 2. The van der Waals surface area contributed by atoms with E-state index in [9.17, 15) is 4.79 Å². The minimum atomic E-state index is -0.361. The average Bonchev–Trinajstić information content (AvgIpc) is 2.91. The van der Waals surface area contributed by atoms with E-state index >= 15 is 0 Å². The summed E-state index contributed by atoms with van der Waals surface area (Å²) in [6.07, 6.45) is 2.74. The molecule has 2 aromatic heterocycles. The van der Waals surface area contributed by atoms with Crippen LogP contribution in [0.5, 0.6) is 0 Å². The maximum atomic E-state index is 12.0. The van der Waals surface area contributed by atoms with E-state index in [1.807, 2.05) is 24.3 Å². The number of nitrogens with one attached hydrogen (secondary N) is 1. The number of para-hydroxylation sites is 1. The summed E-state index contributed by atoms with van der Waals surface area (Å²) in [6.45, 7) is 0. The first kappa shape index (κ1) is 11.2. The van der Waals surface area contributed by atoms with Gasteiger partial charge in [-0.25, -0.2) is 4.98 Å². The molecule has 2 heterocycles. The first-order valence-corrected chi connectivity index (χ1v) is 5.60. The third kappa shape index (κ3) is 2.11. The maximum absolute atomic E-state index is 12.0. The summed E-state index contributed by atoms with van der Waals surface area (Å²) in [5, 5.41) is 6.94. The molecule has 6 heteroatoms. The van der Waals surface area contributed by atoms with Crippen LogP contribution in [0.2, 0.25) is 0 Å². The highest BCUT2D eigenvalue weighted by atomic mass is 16.5. The monoisotopic (exact) mass is 254 g/mol. The number of hydrogen-bond acceptors (Lipinski definition) is 5. The zero-order valence-corrected chi connectivity index (χ0v) is 9.83. The lowest BCUT2D eigenvalue weighted by Gasteiger charge is -2.05. The van der Waals surface area contributed by atoms with E-state index in [2.05, 4.69) is 20.0 Å². The van der Waals surface area contributed by atoms with E-state index in [0.29, 0.717) is 16.9 Å². The number of nitrogens with zero attached hydrogens (tertiary/aromatic N) is 2. The van der Waals surface area contributed by atoms with Crippen LogP contribution in [0.3, 0.4) is 0 Å². The second-order valence-corrected chi connectivity index (χ2v) is 3.98. The summed E-state index contributed by atoms with van der Waals surface area (Å²) in [6, 6.07) is 8.93. The molecular formula is C13H10N4O2. The molecule has 1 amide bonds. The van der Waals surface area contributed by atoms with Gasteiger partial charge in [-0.3, -0.25) is 4.79 Å². The molecular weight excluding hydrogens is 244 g/mol. The summed E-state index contributed by atoms with van der Waals surface area (Å²) in [5.41, 5.74) is 7.83. The van der Waals surface area contributed by atoms with Crippen LogP contribution in [0.4, 0.5) is 11.4 Å². The van der Waals surface area contributed by atoms with Crippen molar-refractivity contribution in [1.29, 1.82) is 0 Å². The zero-order valence-electron chi connectivity index (χ0n) is 9.83. The summed E-state index contributed by atoms with van der Waals surface area (Å²) < 4.78 is 4.64. The van der Waals surface area contributed by atoms with Crippen LogP contribution in [0.25, 0.3) is 10.9 Å². The Morgan fingerprint density at radius 3 is 2.95 bits per heavy atom. The van der Waals surface area contributed by atoms with Crippen molar-refractivity contribution in [2.24, 2.45) is 0 Å². The van der Waals surface area contributed by atoms with E-state index < -0.39 is 0 Å². The van der Waals surface area contributed by atoms with Crippen LogP contribution >= 0.6 is 0 Å². The van der Waals surface area contributed by atoms with Crippen LogP contribution in [0.1, 0.15) is 10.5 Å². The molecule has 0 unspecified atom stereocenters. The Balaban J connectivity index is 1.98. The van der Waals surface area contributed by atoms with Crippen molar-refractivity contribution in [3.8, 4) is 0 Å². The second-order valence-electron chi connectivity index (χ2n) is 3.98. The van der Waals surface area contributed by atoms with Crippen molar-refractivity contribution in [1.82, 2.24) is 10.1 Å². The van der Waals surface area contributed by atoms with Gasteiger partial charge >= 0.3 is 0 Å². The molecule has 0 atom stereocenters. The van der Waals surface area contributed by atoms with Crippen molar-refractivity contribution < 1.29 is 9.32 Å². The molecule has 0 aliphatic carbocycles. The molecule has 3 aromatic rings. The van der Waals surface area contributed by atoms with Crippen molar-refractivity contribution in [2.75, 3.05) is 11.1 Å². The van der Waals surface area contributed by atoms with Crippen LogP contribution < -0.4 is 11.1 Å². The first-order chi connectivity index (χ1) is 9.24. The number of anilines is 2. The van der Waals surface area contributed by atoms with Gasteiger partial charge in [0.2, 0.25) is 0 Å². The van der Waals surface area contributed by atoms with E-state index in [1.54, 1.807) is 6.07 Å². The Morgan fingerprint density at radius 1 is 1.32 bits per heavy atom. The third-order valence-electron chi connectivity index (χ3n) is 2.67. The zero-order chi connectivity index (χ0) is 13.2. The van der Waals surface area contributed by atoms with E-state index in [1.165, 1.54) is 12.5 Å². The van der Waals surface area contributed by atoms with Gasteiger partial charge in [-0.05, 0) is 12.1 Å². The van der Waals surface area contributed by atoms with Gasteiger partial charge in [0.25, 0.3) is 5.91 Å². The molecule has 3 N–H and O–H groups in total. The van der Waals surface area contributed by atoms with Gasteiger partial charge < -0.3 is 15.6 Å². The number of aromatic nitrogens is 2. The molecule has 0 saturated carbocycles. The molecule has 6 nitrogen and oxygen atoms in total. The largest absolute Gasteiger partial charge is 0.398 e. The van der Waals surface area contributed by atoms with Gasteiger partial charge in [-0.1, -0.05) is 23.4 Å². The number of rotatable bonds is 2. The topological polar surface area (TPSA) is 94.0 Å². The van der Waals surface area contributed by atoms with Crippen LogP contribution in [-0.4, -0.2) is 16.0 Å². The van der Waals surface area contributed by atoms with Gasteiger partial charge in [-0.2, -0.15) is 0 Å². The predicted molar refractivity (Wildman–Crippen MR) is 70.6 cm³/mol. The van der Waals surface area contributed by atoms with Crippen LogP contribution in [-0.2, 0) is 0 Å². The number of nitrogens with two attached hydrogens (primary N) is 1. The maximum Gasteiger partial charge on any atom is 0.274 e. The average molecular weight is 254 g/mol. The lowest BCUT2D eigenvalue weighted by Crippen LogP contribution is -2.13. The van der Waals surface area contributed by atoms with E-state index in [-0.39, 0.29) is 11.6 Å². The summed E-state index contributed by atoms with van der Waals surface area (Å²) in [4.78, 5) is 16.3. The van der Waals surface area contributed by atoms with E-state index in [0.717, 1.165) is 5.39 Å². The Labute approximate surface area is 108 Å². The molecule has 0 radical (unpaired) electrons. The SMILES string of the molecule is Nc1cc(C(=O)Nc2cnoc2)nc2ccccc12. The number of benzene rings is 1. The van der Waals surface area contributed by atoms with Gasteiger partial charge in [0, 0.05) is 11.1 Å². The Kier molecular flexibility index (Phi) is 2.60. The molecule has 0 aliphatic heterocycles. The Hall–Kier alpha value is -2.89. The normalized spacial score (nSPS) is 10.5. The number of fused-ring (bicyclic) bond motifs is 1. The molecule has 0 saturated heterocycles. The highest BCUT2D eigenvalue weighted by Gasteiger charge is 2.11. The molecule has 3 rings (SSSR count). The van der Waals surface area contributed by atoms with Crippen LogP contribution in [0.15, 0.2) is 47.3 Å². The minimum Gasteiger partial charge on any atom is -0.398 e. The van der Waals surface area contributed by atoms with Gasteiger partial charge in [0.15, 0.2) is 0 Å².